The number of hydrogen-bond donors (Lipinski definition) is 1. The molecule has 1 saturated heterocycles. The van der Waals surface area contributed by atoms with Crippen LogP contribution in [0.4, 0.5) is 19.0 Å². The van der Waals surface area contributed by atoms with Gasteiger partial charge in [-0.2, -0.15) is 13.2 Å². The third-order valence-corrected chi connectivity index (χ3v) is 5.82. The minimum absolute atomic E-state index is 0.117. The van der Waals surface area contributed by atoms with Crippen LogP contribution in [0.3, 0.4) is 0 Å². The van der Waals surface area contributed by atoms with Gasteiger partial charge in [0.1, 0.15) is 11.5 Å². The van der Waals surface area contributed by atoms with E-state index in [0.29, 0.717) is 30.4 Å². The molecule has 1 amide bonds. The molecule has 0 spiro atoms. The number of alkyl halides is 3. The van der Waals surface area contributed by atoms with Gasteiger partial charge in [0, 0.05) is 36.8 Å². The second-order valence-electron chi connectivity index (χ2n) is 8.34. The lowest BCUT2D eigenvalue weighted by Gasteiger charge is -2.33. The van der Waals surface area contributed by atoms with Gasteiger partial charge in [0.2, 0.25) is 5.91 Å². The number of rotatable bonds is 5. The van der Waals surface area contributed by atoms with Gasteiger partial charge in [-0.3, -0.25) is 9.78 Å². The molecule has 0 radical (unpaired) electrons. The van der Waals surface area contributed by atoms with E-state index in [9.17, 15) is 18.0 Å². The van der Waals surface area contributed by atoms with E-state index < -0.39 is 11.9 Å². The lowest BCUT2D eigenvalue weighted by atomic mass is 9.99. The van der Waals surface area contributed by atoms with Gasteiger partial charge in [0.25, 0.3) is 0 Å². The molecular weight excluding hydrogens is 417 g/mol. The van der Waals surface area contributed by atoms with Crippen LogP contribution in [0.5, 0.6) is 0 Å². The van der Waals surface area contributed by atoms with Crippen LogP contribution in [0.25, 0.3) is 10.9 Å². The van der Waals surface area contributed by atoms with Crippen LogP contribution < -0.4 is 10.2 Å². The standard InChI is InChI=1S/C24H25F3N4O/c1-16-8-10-31(11-9-16)23-19(6-7-21(30-23)24(25,26)27)15-29-22(32)13-17-12-18-4-2-3-5-20(18)28-14-17/h2-7,12,14,16H,8-11,13,15H2,1H3,(H,29,32). The summed E-state index contributed by atoms with van der Waals surface area (Å²) in [6.45, 7) is 3.56. The number of para-hydroxylation sites is 1. The van der Waals surface area contributed by atoms with E-state index in [2.05, 4.69) is 22.2 Å². The maximum atomic E-state index is 13.2. The van der Waals surface area contributed by atoms with Gasteiger partial charge in [0.05, 0.1) is 11.9 Å². The summed E-state index contributed by atoms with van der Waals surface area (Å²) in [5.74, 6) is 0.621. The highest BCUT2D eigenvalue weighted by atomic mass is 19.4. The highest BCUT2D eigenvalue weighted by Gasteiger charge is 2.34. The van der Waals surface area contributed by atoms with E-state index >= 15 is 0 Å². The summed E-state index contributed by atoms with van der Waals surface area (Å²) >= 11 is 0. The molecule has 1 aromatic carbocycles. The van der Waals surface area contributed by atoms with E-state index in [0.717, 1.165) is 35.4 Å². The summed E-state index contributed by atoms with van der Waals surface area (Å²) in [4.78, 5) is 22.7. The van der Waals surface area contributed by atoms with Crippen molar-refractivity contribution in [3.8, 4) is 0 Å². The third-order valence-electron chi connectivity index (χ3n) is 5.82. The molecule has 1 fully saturated rings. The van der Waals surface area contributed by atoms with Crippen molar-refractivity contribution in [3.63, 3.8) is 0 Å². The Hall–Kier alpha value is -3.16. The third kappa shape index (κ3) is 5.18. The maximum Gasteiger partial charge on any atom is 0.433 e. The van der Waals surface area contributed by atoms with E-state index in [1.807, 2.05) is 35.2 Å². The van der Waals surface area contributed by atoms with Gasteiger partial charge in [0.15, 0.2) is 0 Å². The number of carbonyl (C=O) groups excluding carboxylic acids is 1. The van der Waals surface area contributed by atoms with Crippen molar-refractivity contribution in [1.82, 2.24) is 15.3 Å². The van der Waals surface area contributed by atoms with Crippen molar-refractivity contribution in [2.24, 2.45) is 5.92 Å². The van der Waals surface area contributed by atoms with Gasteiger partial charge in [-0.25, -0.2) is 4.98 Å². The molecule has 0 unspecified atom stereocenters. The molecule has 5 nitrogen and oxygen atoms in total. The van der Waals surface area contributed by atoms with E-state index in [1.165, 1.54) is 6.07 Å². The summed E-state index contributed by atoms with van der Waals surface area (Å²) in [6.07, 6.45) is -0.898. The van der Waals surface area contributed by atoms with Gasteiger partial charge in [-0.05, 0) is 42.5 Å². The molecular formula is C24H25F3N4O. The predicted octanol–water partition coefficient (Wildman–Crippen LogP) is 4.74. The molecule has 1 aliphatic rings. The van der Waals surface area contributed by atoms with Crippen LogP contribution in [0.1, 0.15) is 36.6 Å². The first-order chi connectivity index (χ1) is 15.3. The largest absolute Gasteiger partial charge is 0.433 e. The zero-order valence-corrected chi connectivity index (χ0v) is 17.8. The first-order valence-corrected chi connectivity index (χ1v) is 10.7. The molecule has 168 valence electrons. The summed E-state index contributed by atoms with van der Waals surface area (Å²) in [7, 11) is 0. The Balaban J connectivity index is 1.48. The van der Waals surface area contributed by atoms with Crippen molar-refractivity contribution in [2.45, 2.75) is 38.9 Å². The number of carbonyl (C=O) groups is 1. The Kier molecular flexibility index (Phi) is 6.30. The Morgan fingerprint density at radius 3 is 2.66 bits per heavy atom. The Bertz CT molecular complexity index is 1110. The fourth-order valence-corrected chi connectivity index (χ4v) is 3.92. The molecule has 3 heterocycles. The van der Waals surface area contributed by atoms with Crippen LogP contribution in [0, 0.1) is 5.92 Å². The van der Waals surface area contributed by atoms with Crippen LogP contribution in [0.15, 0.2) is 48.7 Å². The van der Waals surface area contributed by atoms with Crippen LogP contribution in [-0.4, -0.2) is 29.0 Å². The number of piperidine rings is 1. The first-order valence-electron chi connectivity index (χ1n) is 10.7. The Morgan fingerprint density at radius 2 is 1.91 bits per heavy atom. The van der Waals surface area contributed by atoms with Crippen molar-refractivity contribution in [1.29, 1.82) is 0 Å². The minimum Gasteiger partial charge on any atom is -0.356 e. The number of nitrogens with one attached hydrogen (secondary N) is 1. The number of halogens is 3. The van der Waals surface area contributed by atoms with Crippen molar-refractivity contribution < 1.29 is 18.0 Å². The monoisotopic (exact) mass is 442 g/mol. The molecule has 0 bridgehead atoms. The summed E-state index contributed by atoms with van der Waals surface area (Å²) < 4.78 is 39.7. The van der Waals surface area contributed by atoms with E-state index in [-0.39, 0.29) is 18.9 Å². The van der Waals surface area contributed by atoms with Crippen molar-refractivity contribution in [2.75, 3.05) is 18.0 Å². The Morgan fingerprint density at radius 1 is 1.16 bits per heavy atom. The number of benzene rings is 1. The fourth-order valence-electron chi connectivity index (χ4n) is 3.92. The van der Waals surface area contributed by atoms with Crippen molar-refractivity contribution >= 4 is 22.6 Å². The molecule has 0 aliphatic carbocycles. The quantitative estimate of drug-likeness (QED) is 0.620. The fraction of sp³-hybridized carbons (Fsp3) is 0.375. The zero-order chi connectivity index (χ0) is 22.7. The van der Waals surface area contributed by atoms with Gasteiger partial charge in [-0.15, -0.1) is 0 Å². The number of nitrogens with zero attached hydrogens (tertiary/aromatic N) is 3. The highest BCUT2D eigenvalue weighted by molar-refractivity contribution is 5.82. The van der Waals surface area contributed by atoms with Crippen LogP contribution in [0.2, 0.25) is 0 Å². The number of fused-ring (bicyclic) bond motifs is 1. The summed E-state index contributed by atoms with van der Waals surface area (Å²) in [5, 5.41) is 3.78. The second kappa shape index (κ2) is 9.14. The highest BCUT2D eigenvalue weighted by Crippen LogP contribution is 2.32. The van der Waals surface area contributed by atoms with Crippen LogP contribution >= 0.6 is 0 Å². The average molecular weight is 442 g/mol. The Labute approximate surface area is 184 Å². The molecule has 2 aromatic heterocycles. The van der Waals surface area contributed by atoms with Crippen LogP contribution in [-0.2, 0) is 23.9 Å². The smallest absolute Gasteiger partial charge is 0.356 e. The number of anilines is 1. The molecule has 1 aliphatic heterocycles. The predicted molar refractivity (Wildman–Crippen MR) is 117 cm³/mol. The zero-order valence-electron chi connectivity index (χ0n) is 17.8. The topological polar surface area (TPSA) is 58.1 Å². The molecule has 8 heteroatoms. The minimum atomic E-state index is -4.51. The number of aromatic nitrogens is 2. The van der Waals surface area contributed by atoms with E-state index in [1.54, 1.807) is 6.20 Å². The lowest BCUT2D eigenvalue weighted by Crippen LogP contribution is -2.35. The average Bonchev–Trinajstić information content (AvgIpc) is 2.77. The van der Waals surface area contributed by atoms with Gasteiger partial charge >= 0.3 is 6.18 Å². The van der Waals surface area contributed by atoms with Gasteiger partial charge in [-0.1, -0.05) is 31.2 Å². The van der Waals surface area contributed by atoms with Gasteiger partial charge < -0.3 is 10.2 Å². The summed E-state index contributed by atoms with van der Waals surface area (Å²) in [5.41, 5.74) is 1.30. The molecule has 3 aromatic rings. The summed E-state index contributed by atoms with van der Waals surface area (Å²) in [6, 6.07) is 12.0. The lowest BCUT2D eigenvalue weighted by molar-refractivity contribution is -0.141. The number of amides is 1. The normalized spacial score (nSPS) is 15.2. The van der Waals surface area contributed by atoms with Crippen molar-refractivity contribution in [3.05, 3.63) is 65.5 Å². The number of pyridine rings is 2. The molecule has 0 saturated carbocycles. The molecule has 1 N–H and O–H groups in total. The molecule has 0 atom stereocenters. The molecule has 4 rings (SSSR count). The molecule has 32 heavy (non-hydrogen) atoms. The second-order valence-corrected chi connectivity index (χ2v) is 8.34. The first kappa shape index (κ1) is 22.0. The van der Waals surface area contributed by atoms with E-state index in [4.69, 9.17) is 0 Å². The number of hydrogen-bond acceptors (Lipinski definition) is 4. The SMILES string of the molecule is CC1CCN(c2nc(C(F)(F)F)ccc2CNC(=O)Cc2cnc3ccccc3c2)CC1. The maximum absolute atomic E-state index is 13.2.